The van der Waals surface area contributed by atoms with Crippen LogP contribution in [0.3, 0.4) is 0 Å². The Balaban J connectivity index is 1.68. The number of amides is 3. The standard InChI is InChI=1S/C26H27N3O5/c27-24(31)22(15-19-11-13-21(30)14-12-19)28-25(32)23(16-18-7-3-1-4-8-18)29-26(33)34-17-20-9-5-2-6-10-20/h1-14,22-23,30H,15-17H2,(H2,27,31)(H,28,32)(H,29,33)/t22-,23-/m1/s1. The highest BCUT2D eigenvalue weighted by Gasteiger charge is 2.26. The van der Waals surface area contributed by atoms with Gasteiger partial charge in [0.1, 0.15) is 24.4 Å². The quantitative estimate of drug-likeness (QED) is 0.368. The molecule has 0 saturated carbocycles. The maximum atomic E-state index is 13.1. The molecule has 5 N–H and O–H groups in total. The highest BCUT2D eigenvalue weighted by atomic mass is 16.5. The molecular formula is C26H27N3O5. The van der Waals surface area contributed by atoms with Crippen molar-refractivity contribution in [1.82, 2.24) is 10.6 Å². The first-order valence-electron chi connectivity index (χ1n) is 10.8. The molecule has 0 radical (unpaired) electrons. The Morgan fingerprint density at radius 3 is 1.85 bits per heavy atom. The van der Waals surface area contributed by atoms with Gasteiger partial charge in [0, 0.05) is 12.8 Å². The molecule has 3 aromatic carbocycles. The first-order chi connectivity index (χ1) is 16.4. The van der Waals surface area contributed by atoms with Crippen LogP contribution in [0.5, 0.6) is 5.75 Å². The van der Waals surface area contributed by atoms with Crippen LogP contribution in [-0.4, -0.2) is 35.1 Å². The third-order valence-corrected chi connectivity index (χ3v) is 5.14. The summed E-state index contributed by atoms with van der Waals surface area (Å²) in [5.74, 6) is -1.20. The number of alkyl carbamates (subject to hydrolysis) is 1. The number of carbonyl (C=O) groups is 3. The molecule has 0 saturated heterocycles. The molecule has 176 valence electrons. The lowest BCUT2D eigenvalue weighted by Gasteiger charge is -2.22. The number of aromatic hydroxyl groups is 1. The Morgan fingerprint density at radius 1 is 0.735 bits per heavy atom. The molecule has 8 nitrogen and oxygen atoms in total. The van der Waals surface area contributed by atoms with Crippen LogP contribution in [-0.2, 0) is 33.8 Å². The molecule has 34 heavy (non-hydrogen) atoms. The first kappa shape index (κ1) is 24.3. The maximum absolute atomic E-state index is 13.1. The number of nitrogens with one attached hydrogen (secondary N) is 2. The van der Waals surface area contributed by atoms with Crippen LogP contribution in [0.4, 0.5) is 4.79 Å². The number of phenolic OH excluding ortho intramolecular Hbond substituents is 1. The lowest BCUT2D eigenvalue weighted by Crippen LogP contribution is -2.54. The fourth-order valence-electron chi connectivity index (χ4n) is 3.33. The lowest BCUT2D eigenvalue weighted by molar-refractivity contribution is -0.128. The van der Waals surface area contributed by atoms with Crippen LogP contribution in [0.15, 0.2) is 84.9 Å². The zero-order valence-corrected chi connectivity index (χ0v) is 18.5. The zero-order chi connectivity index (χ0) is 24.3. The molecule has 0 spiro atoms. The Hall–Kier alpha value is -4.33. The Labute approximate surface area is 197 Å². The highest BCUT2D eigenvalue weighted by Crippen LogP contribution is 2.12. The number of nitrogens with two attached hydrogens (primary N) is 1. The average Bonchev–Trinajstić information content (AvgIpc) is 2.84. The van der Waals surface area contributed by atoms with Crippen molar-refractivity contribution in [2.45, 2.75) is 31.5 Å². The molecule has 3 amide bonds. The molecule has 0 aliphatic rings. The van der Waals surface area contributed by atoms with E-state index in [1.807, 2.05) is 60.7 Å². The summed E-state index contributed by atoms with van der Waals surface area (Å²) in [5, 5.41) is 14.7. The predicted molar refractivity (Wildman–Crippen MR) is 127 cm³/mol. The number of ether oxygens (including phenoxy) is 1. The van der Waals surface area contributed by atoms with E-state index in [0.29, 0.717) is 5.56 Å². The van der Waals surface area contributed by atoms with E-state index >= 15 is 0 Å². The van der Waals surface area contributed by atoms with Crippen molar-refractivity contribution in [1.29, 1.82) is 0 Å². The Bertz CT molecular complexity index is 1090. The van der Waals surface area contributed by atoms with Crippen molar-refractivity contribution in [2.75, 3.05) is 0 Å². The number of benzene rings is 3. The smallest absolute Gasteiger partial charge is 0.408 e. The summed E-state index contributed by atoms with van der Waals surface area (Å²) in [7, 11) is 0. The molecule has 3 aromatic rings. The third-order valence-electron chi connectivity index (χ3n) is 5.14. The monoisotopic (exact) mass is 461 g/mol. The predicted octanol–water partition coefficient (Wildman–Crippen LogP) is 2.44. The van der Waals surface area contributed by atoms with E-state index in [1.165, 1.54) is 12.1 Å². The zero-order valence-electron chi connectivity index (χ0n) is 18.5. The van der Waals surface area contributed by atoms with Gasteiger partial charge in [-0.3, -0.25) is 9.59 Å². The van der Waals surface area contributed by atoms with Crippen molar-refractivity contribution in [3.8, 4) is 5.75 Å². The van der Waals surface area contributed by atoms with E-state index in [9.17, 15) is 19.5 Å². The van der Waals surface area contributed by atoms with Crippen LogP contribution < -0.4 is 16.4 Å². The molecule has 3 rings (SSSR count). The molecule has 0 unspecified atom stereocenters. The maximum Gasteiger partial charge on any atom is 0.408 e. The van der Waals surface area contributed by atoms with Crippen LogP contribution in [0, 0.1) is 0 Å². The van der Waals surface area contributed by atoms with Gasteiger partial charge in [0.15, 0.2) is 0 Å². The van der Waals surface area contributed by atoms with Crippen molar-refractivity contribution in [3.63, 3.8) is 0 Å². The molecular weight excluding hydrogens is 434 g/mol. The minimum Gasteiger partial charge on any atom is -0.508 e. The largest absolute Gasteiger partial charge is 0.508 e. The second kappa shape index (κ2) is 12.1. The summed E-state index contributed by atoms with van der Waals surface area (Å²) in [6.45, 7) is 0.0527. The molecule has 0 aliphatic heterocycles. The van der Waals surface area contributed by atoms with E-state index in [1.54, 1.807) is 12.1 Å². The van der Waals surface area contributed by atoms with Crippen LogP contribution in [0.1, 0.15) is 16.7 Å². The van der Waals surface area contributed by atoms with Gasteiger partial charge in [0.2, 0.25) is 11.8 Å². The van der Waals surface area contributed by atoms with Gasteiger partial charge >= 0.3 is 6.09 Å². The van der Waals surface area contributed by atoms with Gasteiger partial charge < -0.3 is 26.2 Å². The van der Waals surface area contributed by atoms with Gasteiger partial charge in [-0.15, -0.1) is 0 Å². The van der Waals surface area contributed by atoms with Crippen molar-refractivity contribution >= 4 is 17.9 Å². The summed E-state index contributed by atoms with van der Waals surface area (Å²) in [4.78, 5) is 37.5. The van der Waals surface area contributed by atoms with Gasteiger partial charge in [-0.1, -0.05) is 72.8 Å². The van der Waals surface area contributed by atoms with Crippen molar-refractivity contribution in [2.24, 2.45) is 5.73 Å². The first-order valence-corrected chi connectivity index (χ1v) is 10.8. The normalized spacial score (nSPS) is 12.2. The summed E-state index contributed by atoms with van der Waals surface area (Å²) >= 11 is 0. The van der Waals surface area contributed by atoms with E-state index in [4.69, 9.17) is 10.5 Å². The topological polar surface area (TPSA) is 131 Å². The average molecular weight is 462 g/mol. The number of phenols is 1. The van der Waals surface area contributed by atoms with E-state index < -0.39 is 30.0 Å². The number of hydrogen-bond acceptors (Lipinski definition) is 5. The van der Waals surface area contributed by atoms with Crippen LogP contribution in [0.2, 0.25) is 0 Å². The van der Waals surface area contributed by atoms with Gasteiger partial charge in [-0.05, 0) is 28.8 Å². The number of rotatable bonds is 10. The van der Waals surface area contributed by atoms with Gasteiger partial charge in [-0.25, -0.2) is 4.79 Å². The number of primary amides is 1. The summed E-state index contributed by atoms with van der Waals surface area (Å²) in [6.07, 6.45) is -0.426. The molecule has 2 atom stereocenters. The minimum absolute atomic E-state index is 0.0527. The Morgan fingerprint density at radius 2 is 1.26 bits per heavy atom. The lowest BCUT2D eigenvalue weighted by atomic mass is 10.0. The fourth-order valence-corrected chi connectivity index (χ4v) is 3.33. The van der Waals surface area contributed by atoms with Gasteiger partial charge in [0.05, 0.1) is 0 Å². The number of hydrogen-bond donors (Lipinski definition) is 4. The summed E-state index contributed by atoms with van der Waals surface area (Å²) in [5.41, 5.74) is 7.85. The summed E-state index contributed by atoms with van der Waals surface area (Å²) < 4.78 is 5.26. The van der Waals surface area contributed by atoms with Crippen LogP contribution in [0.25, 0.3) is 0 Å². The van der Waals surface area contributed by atoms with E-state index in [0.717, 1.165) is 11.1 Å². The molecule has 0 aromatic heterocycles. The SMILES string of the molecule is NC(=O)[C@@H](Cc1ccc(O)cc1)NC(=O)[C@@H](Cc1ccccc1)NC(=O)OCc1ccccc1. The second-order valence-electron chi connectivity index (χ2n) is 7.78. The number of carbonyl (C=O) groups excluding carboxylic acids is 3. The highest BCUT2D eigenvalue weighted by molar-refractivity contribution is 5.91. The molecule has 0 fully saturated rings. The van der Waals surface area contributed by atoms with Gasteiger partial charge in [0.25, 0.3) is 0 Å². The molecule has 0 heterocycles. The minimum atomic E-state index is -1.00. The molecule has 8 heteroatoms. The van der Waals surface area contributed by atoms with Gasteiger partial charge in [-0.2, -0.15) is 0 Å². The van der Waals surface area contributed by atoms with E-state index in [2.05, 4.69) is 10.6 Å². The Kier molecular flexibility index (Phi) is 8.62. The van der Waals surface area contributed by atoms with E-state index in [-0.39, 0.29) is 25.2 Å². The molecule has 0 aliphatic carbocycles. The molecule has 0 bridgehead atoms. The second-order valence-corrected chi connectivity index (χ2v) is 7.78. The third kappa shape index (κ3) is 7.67. The fraction of sp³-hybridized carbons (Fsp3) is 0.192. The van der Waals surface area contributed by atoms with Crippen molar-refractivity contribution < 1.29 is 24.2 Å². The summed E-state index contributed by atoms with van der Waals surface area (Å²) in [6, 6.07) is 22.6. The van der Waals surface area contributed by atoms with Crippen LogP contribution >= 0.6 is 0 Å². The van der Waals surface area contributed by atoms with Crippen molar-refractivity contribution in [3.05, 3.63) is 102 Å².